The van der Waals surface area contributed by atoms with E-state index in [1.54, 1.807) is 6.20 Å². The zero-order chi connectivity index (χ0) is 24.5. The van der Waals surface area contributed by atoms with E-state index in [0.717, 1.165) is 31.4 Å². The summed E-state index contributed by atoms with van der Waals surface area (Å²) in [5, 5.41) is 3.08. The highest BCUT2D eigenvalue weighted by atomic mass is 16.5. The highest BCUT2D eigenvalue weighted by Gasteiger charge is 2.23. The van der Waals surface area contributed by atoms with Gasteiger partial charge < -0.3 is 14.8 Å². The molecule has 0 fully saturated rings. The van der Waals surface area contributed by atoms with Gasteiger partial charge in [0.2, 0.25) is 11.8 Å². The van der Waals surface area contributed by atoms with E-state index >= 15 is 0 Å². The fraction of sp³-hybridized carbons (Fsp3) is 0.379. The summed E-state index contributed by atoms with van der Waals surface area (Å²) in [4.78, 5) is 19.5. The summed E-state index contributed by atoms with van der Waals surface area (Å²) >= 11 is 0. The molecule has 1 amide bonds. The zero-order valence-electron chi connectivity index (χ0n) is 20.7. The lowest BCUT2D eigenvalue weighted by Gasteiger charge is -2.27. The second kappa shape index (κ2) is 11.8. The van der Waals surface area contributed by atoms with Crippen LogP contribution in [-0.2, 0) is 17.8 Å². The van der Waals surface area contributed by atoms with Crippen LogP contribution in [0.4, 0.5) is 0 Å². The Morgan fingerprint density at radius 2 is 1.80 bits per heavy atom. The molecule has 6 nitrogen and oxygen atoms in total. The maximum absolute atomic E-state index is 12.8. The Labute approximate surface area is 208 Å². The molecule has 2 heterocycles. The van der Waals surface area contributed by atoms with Crippen molar-refractivity contribution in [3.63, 3.8) is 0 Å². The lowest BCUT2D eigenvalue weighted by atomic mass is 9.88. The number of hydrogen-bond acceptors (Lipinski definition) is 5. The Balaban J connectivity index is 1.48. The molecule has 1 aliphatic heterocycles. The van der Waals surface area contributed by atoms with Gasteiger partial charge in [0.05, 0.1) is 13.2 Å². The number of carbonyl (C=O) groups is 1. The van der Waals surface area contributed by atoms with Gasteiger partial charge in [-0.3, -0.25) is 9.69 Å². The second-order valence-corrected chi connectivity index (χ2v) is 9.87. The standard InChI is InChI=1S/C29H35N3O3/c1-29(2)16-9-19-32(21-27(33)30-18-15-23-10-4-3-5-11-23)20-24-12-8-17-31-28(24)35-26-14-7-6-13-25(26)34-22-29/h3-8,10-14,17H,9,15-16,18-22H2,1-2H3,(H,30,33). The number of amides is 1. The second-order valence-electron chi connectivity index (χ2n) is 9.87. The minimum absolute atomic E-state index is 0.00409. The van der Waals surface area contributed by atoms with E-state index in [1.165, 1.54) is 5.56 Å². The summed E-state index contributed by atoms with van der Waals surface area (Å²) in [7, 11) is 0. The number of nitrogens with zero attached hydrogens (tertiary/aromatic N) is 2. The minimum atomic E-state index is -0.00409. The molecule has 1 aromatic heterocycles. The molecule has 0 radical (unpaired) electrons. The Kier molecular flexibility index (Phi) is 8.37. The molecule has 0 aliphatic carbocycles. The number of carbonyl (C=O) groups excluding carboxylic acids is 1. The molecule has 0 unspecified atom stereocenters. The van der Waals surface area contributed by atoms with E-state index in [1.807, 2.05) is 54.6 Å². The van der Waals surface area contributed by atoms with Crippen LogP contribution in [-0.4, -0.2) is 42.0 Å². The number of hydrogen-bond donors (Lipinski definition) is 1. The summed E-state index contributed by atoms with van der Waals surface area (Å²) in [6, 6.07) is 21.8. The van der Waals surface area contributed by atoms with Crippen LogP contribution >= 0.6 is 0 Å². The number of pyridine rings is 1. The quantitative estimate of drug-likeness (QED) is 0.550. The molecule has 2 aromatic carbocycles. The van der Waals surface area contributed by atoms with Gasteiger partial charge in [0, 0.05) is 24.8 Å². The van der Waals surface area contributed by atoms with E-state index in [4.69, 9.17) is 9.47 Å². The number of nitrogens with one attached hydrogen (secondary N) is 1. The molecule has 1 aliphatic rings. The van der Waals surface area contributed by atoms with Crippen LogP contribution in [0.5, 0.6) is 17.4 Å². The van der Waals surface area contributed by atoms with E-state index in [2.05, 4.69) is 41.2 Å². The third-order valence-electron chi connectivity index (χ3n) is 6.19. The molecular weight excluding hydrogens is 438 g/mol. The first-order valence-corrected chi connectivity index (χ1v) is 12.4. The topological polar surface area (TPSA) is 63.7 Å². The van der Waals surface area contributed by atoms with Crippen molar-refractivity contribution >= 4 is 5.91 Å². The smallest absolute Gasteiger partial charge is 0.234 e. The monoisotopic (exact) mass is 473 g/mol. The van der Waals surface area contributed by atoms with Gasteiger partial charge >= 0.3 is 0 Å². The first kappa shape index (κ1) is 24.7. The van der Waals surface area contributed by atoms with Crippen LogP contribution in [0.25, 0.3) is 0 Å². The molecule has 0 spiro atoms. The minimum Gasteiger partial charge on any atom is -0.489 e. The van der Waals surface area contributed by atoms with Crippen molar-refractivity contribution in [2.45, 2.75) is 39.7 Å². The fourth-order valence-corrected chi connectivity index (χ4v) is 4.23. The molecule has 0 saturated carbocycles. The number of para-hydroxylation sites is 2. The van der Waals surface area contributed by atoms with E-state index in [0.29, 0.717) is 43.6 Å². The Morgan fingerprint density at radius 1 is 1.03 bits per heavy atom. The van der Waals surface area contributed by atoms with Gasteiger partial charge in [0.1, 0.15) is 0 Å². The van der Waals surface area contributed by atoms with Crippen molar-refractivity contribution in [1.29, 1.82) is 0 Å². The van der Waals surface area contributed by atoms with E-state index in [-0.39, 0.29) is 11.3 Å². The molecule has 1 N–H and O–H groups in total. The summed E-state index contributed by atoms with van der Waals surface area (Å²) in [5.74, 6) is 1.93. The molecule has 0 saturated heterocycles. The summed E-state index contributed by atoms with van der Waals surface area (Å²) in [5.41, 5.74) is 2.16. The van der Waals surface area contributed by atoms with Crippen molar-refractivity contribution in [3.05, 3.63) is 84.1 Å². The fourth-order valence-electron chi connectivity index (χ4n) is 4.23. The molecule has 0 atom stereocenters. The van der Waals surface area contributed by atoms with Crippen molar-refractivity contribution in [3.8, 4) is 17.4 Å². The first-order valence-electron chi connectivity index (χ1n) is 12.4. The molecule has 3 aromatic rings. The normalized spacial score (nSPS) is 16.2. The Bertz CT molecular complexity index is 1100. The summed E-state index contributed by atoms with van der Waals surface area (Å²) < 4.78 is 12.4. The van der Waals surface area contributed by atoms with Crippen molar-refractivity contribution in [2.75, 3.05) is 26.2 Å². The van der Waals surface area contributed by atoms with E-state index in [9.17, 15) is 4.79 Å². The van der Waals surface area contributed by atoms with Crippen LogP contribution in [0.1, 0.15) is 37.8 Å². The SMILES string of the molecule is CC1(C)CCCN(CC(=O)NCCc2ccccc2)Cc2cccnc2Oc2ccccc2OC1. The van der Waals surface area contributed by atoms with Crippen LogP contribution in [0.15, 0.2) is 72.9 Å². The third kappa shape index (κ3) is 7.55. The number of benzene rings is 2. The zero-order valence-corrected chi connectivity index (χ0v) is 20.7. The highest BCUT2D eigenvalue weighted by molar-refractivity contribution is 5.78. The summed E-state index contributed by atoms with van der Waals surface area (Å²) in [6.45, 7) is 7.35. The average molecular weight is 474 g/mol. The van der Waals surface area contributed by atoms with E-state index < -0.39 is 0 Å². The maximum Gasteiger partial charge on any atom is 0.234 e. The van der Waals surface area contributed by atoms with Gasteiger partial charge in [-0.1, -0.05) is 62.4 Å². The predicted molar refractivity (Wildman–Crippen MR) is 138 cm³/mol. The number of aromatic nitrogens is 1. The number of rotatable bonds is 5. The van der Waals surface area contributed by atoms with Crippen molar-refractivity contribution < 1.29 is 14.3 Å². The molecule has 35 heavy (non-hydrogen) atoms. The Morgan fingerprint density at radius 3 is 2.63 bits per heavy atom. The molecule has 4 rings (SSSR count). The molecule has 0 bridgehead atoms. The maximum atomic E-state index is 12.8. The lowest BCUT2D eigenvalue weighted by Crippen LogP contribution is -2.38. The first-order chi connectivity index (χ1) is 17.0. The molecular formula is C29H35N3O3. The predicted octanol–water partition coefficient (Wildman–Crippen LogP) is 5.23. The molecule has 184 valence electrons. The van der Waals surface area contributed by atoms with Crippen LogP contribution in [0.3, 0.4) is 0 Å². The van der Waals surface area contributed by atoms with Gasteiger partial charge in [0.15, 0.2) is 11.5 Å². The van der Waals surface area contributed by atoms with Gasteiger partial charge in [-0.05, 0) is 55.0 Å². The van der Waals surface area contributed by atoms with Crippen LogP contribution in [0, 0.1) is 5.41 Å². The van der Waals surface area contributed by atoms with Gasteiger partial charge in [-0.25, -0.2) is 4.98 Å². The largest absolute Gasteiger partial charge is 0.489 e. The Hall–Kier alpha value is -3.38. The third-order valence-corrected chi connectivity index (χ3v) is 6.19. The van der Waals surface area contributed by atoms with Crippen molar-refractivity contribution in [1.82, 2.24) is 15.2 Å². The van der Waals surface area contributed by atoms with Crippen LogP contribution < -0.4 is 14.8 Å². The van der Waals surface area contributed by atoms with Gasteiger partial charge in [-0.2, -0.15) is 0 Å². The van der Waals surface area contributed by atoms with Crippen molar-refractivity contribution in [2.24, 2.45) is 5.41 Å². The molecule has 6 heteroatoms. The number of fused-ring (bicyclic) bond motifs is 2. The van der Waals surface area contributed by atoms with Gasteiger partial charge in [-0.15, -0.1) is 0 Å². The highest BCUT2D eigenvalue weighted by Crippen LogP contribution is 2.34. The number of ether oxygens (including phenoxy) is 2. The van der Waals surface area contributed by atoms with Gasteiger partial charge in [0.25, 0.3) is 0 Å². The average Bonchev–Trinajstić information content (AvgIpc) is 2.85. The summed E-state index contributed by atoms with van der Waals surface area (Å²) in [6.07, 6.45) is 4.50. The van der Waals surface area contributed by atoms with Crippen LogP contribution in [0.2, 0.25) is 0 Å². The lowest BCUT2D eigenvalue weighted by molar-refractivity contribution is -0.122.